The molecule has 0 aliphatic carbocycles. The van der Waals surface area contributed by atoms with E-state index in [1.165, 1.54) is 0 Å². The van der Waals surface area contributed by atoms with Crippen LogP contribution in [0.4, 0.5) is 13.2 Å². The van der Waals surface area contributed by atoms with E-state index in [0.29, 0.717) is 0 Å². The fraction of sp³-hybridized carbons (Fsp3) is 0.545. The Bertz CT molecular complexity index is 883. The minimum Gasteiger partial charge on any atom is -0.373 e. The van der Waals surface area contributed by atoms with Crippen LogP contribution in [0.3, 0.4) is 0 Å². The van der Waals surface area contributed by atoms with Crippen molar-refractivity contribution in [3.63, 3.8) is 0 Å². The maximum absolute atomic E-state index is 13.5. The van der Waals surface area contributed by atoms with Crippen LogP contribution in [0.25, 0.3) is 0 Å². The van der Waals surface area contributed by atoms with Crippen molar-refractivity contribution in [1.82, 2.24) is 20.0 Å². The van der Waals surface area contributed by atoms with Gasteiger partial charge < -0.3 is 10.1 Å². The zero-order valence-corrected chi connectivity index (χ0v) is 18.2. The van der Waals surface area contributed by atoms with Crippen molar-refractivity contribution in [2.75, 3.05) is 13.1 Å². The van der Waals surface area contributed by atoms with E-state index in [1.807, 2.05) is 24.3 Å². The van der Waals surface area contributed by atoms with Gasteiger partial charge in [0.2, 0.25) is 0 Å². The first kappa shape index (κ1) is 23.3. The van der Waals surface area contributed by atoms with Crippen molar-refractivity contribution in [1.29, 1.82) is 0 Å². The monoisotopic (exact) mass is 438 g/mol. The average molecular weight is 438 g/mol. The Balaban J connectivity index is 1.61. The molecule has 2 unspecified atom stereocenters. The molecule has 1 N–H and O–H groups in total. The summed E-state index contributed by atoms with van der Waals surface area (Å²) in [6, 6.07) is 7.20. The SMILES string of the molecule is CC1CN(Cc2ccc(CNC(=O)c3cnn(C(C)C)c3C(F)(F)F)cc2)CC(C)O1. The van der Waals surface area contributed by atoms with Crippen LogP contribution in [0.1, 0.15) is 60.9 Å². The number of ether oxygens (including phenoxy) is 1. The molecular weight excluding hydrogens is 409 g/mol. The number of rotatable bonds is 6. The molecule has 2 aromatic rings. The molecule has 2 heterocycles. The number of halogens is 3. The van der Waals surface area contributed by atoms with E-state index in [1.54, 1.807) is 13.8 Å². The normalized spacial score (nSPS) is 20.3. The van der Waals surface area contributed by atoms with Crippen molar-refractivity contribution < 1.29 is 22.7 Å². The van der Waals surface area contributed by atoms with Crippen molar-refractivity contribution in [2.24, 2.45) is 0 Å². The zero-order valence-electron chi connectivity index (χ0n) is 18.2. The average Bonchev–Trinajstić information content (AvgIpc) is 3.12. The van der Waals surface area contributed by atoms with E-state index >= 15 is 0 Å². The first-order valence-corrected chi connectivity index (χ1v) is 10.4. The molecule has 0 spiro atoms. The van der Waals surface area contributed by atoms with Crippen LogP contribution in [-0.4, -0.2) is 45.9 Å². The number of nitrogens with one attached hydrogen (secondary N) is 1. The van der Waals surface area contributed by atoms with Gasteiger partial charge in [-0.15, -0.1) is 0 Å². The molecule has 3 rings (SSSR count). The van der Waals surface area contributed by atoms with Gasteiger partial charge in [0.15, 0.2) is 5.69 Å². The lowest BCUT2D eigenvalue weighted by Gasteiger charge is -2.35. The number of aromatic nitrogens is 2. The Hall–Kier alpha value is -2.39. The summed E-state index contributed by atoms with van der Waals surface area (Å²) >= 11 is 0. The molecule has 1 saturated heterocycles. The van der Waals surface area contributed by atoms with Gasteiger partial charge in [0.05, 0.1) is 24.0 Å². The lowest BCUT2D eigenvalue weighted by Crippen LogP contribution is -2.44. The highest BCUT2D eigenvalue weighted by molar-refractivity contribution is 5.95. The van der Waals surface area contributed by atoms with E-state index in [0.717, 1.165) is 41.6 Å². The molecular formula is C22H29F3N4O2. The Morgan fingerprint density at radius 3 is 2.29 bits per heavy atom. The second kappa shape index (κ2) is 9.40. The van der Waals surface area contributed by atoms with Gasteiger partial charge in [-0.05, 0) is 38.8 Å². The first-order chi connectivity index (χ1) is 14.5. The summed E-state index contributed by atoms with van der Waals surface area (Å²) < 4.78 is 47.0. The van der Waals surface area contributed by atoms with Gasteiger partial charge in [0.25, 0.3) is 5.91 Å². The largest absolute Gasteiger partial charge is 0.433 e. The van der Waals surface area contributed by atoms with Crippen LogP contribution in [-0.2, 0) is 24.0 Å². The molecule has 0 radical (unpaired) electrons. The molecule has 1 aromatic carbocycles. The molecule has 2 atom stereocenters. The fourth-order valence-corrected chi connectivity index (χ4v) is 3.91. The standard InChI is InChI=1S/C22H29F3N4O2/c1-14(2)29-20(22(23,24)25)19(10-27-29)21(30)26-9-17-5-7-18(8-6-17)13-28-11-15(3)31-16(4)12-28/h5-8,10,14-16H,9,11-13H2,1-4H3,(H,26,30). The van der Waals surface area contributed by atoms with E-state index < -0.39 is 29.4 Å². The van der Waals surface area contributed by atoms with E-state index in [2.05, 4.69) is 29.2 Å². The van der Waals surface area contributed by atoms with Gasteiger partial charge in [-0.2, -0.15) is 18.3 Å². The predicted octanol–water partition coefficient (Wildman–Crippen LogP) is 4.02. The number of alkyl halides is 3. The van der Waals surface area contributed by atoms with Crippen LogP contribution < -0.4 is 5.32 Å². The minimum atomic E-state index is -4.66. The highest BCUT2D eigenvalue weighted by Gasteiger charge is 2.40. The van der Waals surface area contributed by atoms with E-state index in [-0.39, 0.29) is 18.8 Å². The van der Waals surface area contributed by atoms with Crippen molar-refractivity contribution in [3.8, 4) is 0 Å². The lowest BCUT2D eigenvalue weighted by atomic mass is 10.1. The van der Waals surface area contributed by atoms with Crippen LogP contribution >= 0.6 is 0 Å². The summed E-state index contributed by atoms with van der Waals surface area (Å²) in [6.07, 6.45) is -3.30. The summed E-state index contributed by atoms with van der Waals surface area (Å²) in [4.78, 5) is 14.8. The number of hydrogen-bond donors (Lipinski definition) is 1. The third kappa shape index (κ3) is 5.86. The van der Waals surface area contributed by atoms with Gasteiger partial charge in [0, 0.05) is 32.2 Å². The number of nitrogens with zero attached hydrogens (tertiary/aromatic N) is 3. The zero-order chi connectivity index (χ0) is 22.8. The van der Waals surface area contributed by atoms with Crippen molar-refractivity contribution in [2.45, 2.75) is 65.2 Å². The molecule has 6 nitrogen and oxygen atoms in total. The maximum atomic E-state index is 13.5. The number of hydrogen-bond acceptors (Lipinski definition) is 4. The molecule has 170 valence electrons. The molecule has 9 heteroatoms. The Labute approximate surface area is 180 Å². The molecule has 0 bridgehead atoms. The highest BCUT2D eigenvalue weighted by atomic mass is 19.4. The summed E-state index contributed by atoms with van der Waals surface area (Å²) in [5.74, 6) is -0.792. The number of carbonyl (C=O) groups excluding carboxylic acids is 1. The fourth-order valence-electron chi connectivity index (χ4n) is 3.91. The highest BCUT2D eigenvalue weighted by Crippen LogP contribution is 2.33. The van der Waals surface area contributed by atoms with Crippen molar-refractivity contribution in [3.05, 3.63) is 52.8 Å². The maximum Gasteiger partial charge on any atom is 0.433 e. The van der Waals surface area contributed by atoms with Crippen LogP contribution in [0.5, 0.6) is 0 Å². The van der Waals surface area contributed by atoms with Crippen LogP contribution in [0.2, 0.25) is 0 Å². The summed E-state index contributed by atoms with van der Waals surface area (Å²) in [5.41, 5.74) is 0.456. The molecule has 1 aromatic heterocycles. The smallest absolute Gasteiger partial charge is 0.373 e. The Morgan fingerprint density at radius 2 is 1.74 bits per heavy atom. The summed E-state index contributed by atoms with van der Waals surface area (Å²) in [5, 5.41) is 6.33. The third-order valence-corrected chi connectivity index (χ3v) is 5.18. The number of benzene rings is 1. The number of morpholine rings is 1. The molecule has 1 amide bonds. The molecule has 31 heavy (non-hydrogen) atoms. The van der Waals surface area contributed by atoms with Crippen LogP contribution in [0, 0.1) is 0 Å². The summed E-state index contributed by atoms with van der Waals surface area (Å²) in [6.45, 7) is 9.96. The van der Waals surface area contributed by atoms with Gasteiger partial charge in [-0.3, -0.25) is 14.4 Å². The van der Waals surface area contributed by atoms with Gasteiger partial charge in [-0.1, -0.05) is 24.3 Å². The molecule has 0 saturated carbocycles. The van der Waals surface area contributed by atoms with Gasteiger partial charge in [0.1, 0.15) is 0 Å². The van der Waals surface area contributed by atoms with Crippen LogP contribution in [0.15, 0.2) is 30.5 Å². The predicted molar refractivity (Wildman–Crippen MR) is 111 cm³/mol. The second-order valence-corrected chi connectivity index (χ2v) is 8.39. The number of amides is 1. The topological polar surface area (TPSA) is 59.4 Å². The quantitative estimate of drug-likeness (QED) is 0.740. The Kier molecular flexibility index (Phi) is 7.06. The molecule has 1 fully saturated rings. The van der Waals surface area contributed by atoms with Gasteiger partial charge >= 0.3 is 6.18 Å². The van der Waals surface area contributed by atoms with Gasteiger partial charge in [-0.25, -0.2) is 0 Å². The molecule has 1 aliphatic heterocycles. The molecule has 1 aliphatic rings. The lowest BCUT2D eigenvalue weighted by molar-refractivity contribution is -0.145. The number of carbonyl (C=O) groups is 1. The second-order valence-electron chi connectivity index (χ2n) is 8.39. The minimum absolute atomic E-state index is 0.134. The third-order valence-electron chi connectivity index (χ3n) is 5.18. The summed E-state index contributed by atoms with van der Waals surface area (Å²) in [7, 11) is 0. The van der Waals surface area contributed by atoms with Crippen molar-refractivity contribution >= 4 is 5.91 Å². The Morgan fingerprint density at radius 1 is 1.16 bits per heavy atom. The van der Waals surface area contributed by atoms with E-state index in [9.17, 15) is 18.0 Å². The first-order valence-electron chi connectivity index (χ1n) is 10.4. The van der Waals surface area contributed by atoms with E-state index in [4.69, 9.17) is 4.74 Å².